The molecule has 0 bridgehead atoms. The molecule has 2 atom stereocenters. The molecular weight excluding hydrogens is 428 g/mol. The van der Waals surface area contributed by atoms with Gasteiger partial charge in [0, 0.05) is 4.90 Å². The standard InChI is InChI=1S/C28H30N2O2S/c1-20(2)19-26(28(31)30-18-17-29)32-27(23-7-5-4-6-8-23)24-11-9-21(10-12-24)22-13-15-25(33-3)16-14-22/h4-16,20,26-27H,18-19H2,1-3H3,(H,30,31)/t26-,27+/m0/s1. The van der Waals surface area contributed by atoms with E-state index in [0.717, 1.165) is 22.3 Å². The first kappa shape index (κ1) is 24.6. The fourth-order valence-electron chi connectivity index (χ4n) is 3.67. The van der Waals surface area contributed by atoms with Crippen LogP contribution in [0.3, 0.4) is 0 Å². The van der Waals surface area contributed by atoms with E-state index in [4.69, 9.17) is 10.00 Å². The SMILES string of the molecule is CSc1ccc(-c2ccc([C@H](O[C@@H](CC(C)C)C(=O)NCC#N)c3ccccc3)cc2)cc1. The molecule has 1 N–H and O–H groups in total. The smallest absolute Gasteiger partial charge is 0.250 e. The molecule has 0 aliphatic carbocycles. The maximum Gasteiger partial charge on any atom is 0.250 e. The number of ether oxygens (including phenoxy) is 1. The summed E-state index contributed by atoms with van der Waals surface area (Å²) in [5.74, 6) is 0.0163. The van der Waals surface area contributed by atoms with Crippen molar-refractivity contribution in [3.05, 3.63) is 90.0 Å². The zero-order valence-corrected chi connectivity index (χ0v) is 20.1. The molecule has 5 heteroatoms. The molecule has 1 amide bonds. The van der Waals surface area contributed by atoms with Gasteiger partial charge in [0.1, 0.15) is 18.8 Å². The van der Waals surface area contributed by atoms with Crippen LogP contribution >= 0.6 is 11.8 Å². The summed E-state index contributed by atoms with van der Waals surface area (Å²) >= 11 is 1.73. The Bertz CT molecular complexity index is 1060. The number of thioether (sulfide) groups is 1. The van der Waals surface area contributed by atoms with Crippen molar-refractivity contribution in [3.8, 4) is 17.2 Å². The molecule has 0 radical (unpaired) electrons. The zero-order valence-electron chi connectivity index (χ0n) is 19.3. The molecule has 170 valence electrons. The molecule has 0 heterocycles. The maximum atomic E-state index is 12.7. The van der Waals surface area contributed by atoms with E-state index in [0.29, 0.717) is 6.42 Å². The molecule has 3 aromatic carbocycles. The van der Waals surface area contributed by atoms with Gasteiger partial charge in [0.25, 0.3) is 0 Å². The van der Waals surface area contributed by atoms with Crippen LogP contribution in [-0.4, -0.2) is 24.8 Å². The van der Waals surface area contributed by atoms with E-state index in [1.165, 1.54) is 4.90 Å². The number of nitrogens with zero attached hydrogens (tertiary/aromatic N) is 1. The number of carbonyl (C=O) groups excluding carboxylic acids is 1. The molecule has 4 nitrogen and oxygen atoms in total. The number of amides is 1. The molecule has 0 aliphatic heterocycles. The first-order chi connectivity index (χ1) is 16.0. The number of nitrogens with one attached hydrogen (secondary N) is 1. The van der Waals surface area contributed by atoms with Gasteiger partial charge in [-0.05, 0) is 53.0 Å². The average molecular weight is 459 g/mol. The third-order valence-corrected chi connectivity index (χ3v) is 6.10. The van der Waals surface area contributed by atoms with E-state index in [2.05, 4.69) is 74.0 Å². The fourth-order valence-corrected chi connectivity index (χ4v) is 4.08. The molecule has 0 unspecified atom stereocenters. The minimum Gasteiger partial charge on any atom is -0.356 e. The normalized spacial score (nSPS) is 12.7. The molecule has 0 saturated carbocycles. The van der Waals surface area contributed by atoms with Crippen LogP contribution < -0.4 is 5.32 Å². The summed E-state index contributed by atoms with van der Waals surface area (Å²) in [4.78, 5) is 14.0. The number of carbonyl (C=O) groups is 1. The van der Waals surface area contributed by atoms with E-state index in [1.54, 1.807) is 11.8 Å². The van der Waals surface area contributed by atoms with E-state index in [1.807, 2.05) is 36.4 Å². The molecular formula is C28H30N2O2S. The largest absolute Gasteiger partial charge is 0.356 e. The van der Waals surface area contributed by atoms with Crippen LogP contribution in [0.25, 0.3) is 11.1 Å². The summed E-state index contributed by atoms with van der Waals surface area (Å²) in [7, 11) is 0. The lowest BCUT2D eigenvalue weighted by molar-refractivity contribution is -0.136. The first-order valence-electron chi connectivity index (χ1n) is 11.1. The van der Waals surface area contributed by atoms with Gasteiger partial charge in [-0.25, -0.2) is 0 Å². The topological polar surface area (TPSA) is 62.1 Å². The molecule has 3 rings (SSSR count). The molecule has 3 aromatic rings. The van der Waals surface area contributed by atoms with Crippen LogP contribution in [0.4, 0.5) is 0 Å². The lowest BCUT2D eigenvalue weighted by atomic mass is 9.97. The predicted octanol–water partition coefficient (Wildman–Crippen LogP) is 6.24. The molecule has 0 aromatic heterocycles. The van der Waals surface area contributed by atoms with Gasteiger partial charge in [-0.2, -0.15) is 5.26 Å². The quantitative estimate of drug-likeness (QED) is 0.289. The minimum absolute atomic E-state index is 0.0309. The summed E-state index contributed by atoms with van der Waals surface area (Å²) in [6.07, 6.45) is 1.60. The Morgan fingerprint density at radius 1 is 0.939 bits per heavy atom. The molecule has 0 spiro atoms. The molecule has 0 aliphatic rings. The second-order valence-electron chi connectivity index (χ2n) is 8.27. The van der Waals surface area contributed by atoms with Gasteiger partial charge in [0.2, 0.25) is 5.91 Å². The number of nitriles is 1. The van der Waals surface area contributed by atoms with Gasteiger partial charge in [0.15, 0.2) is 0 Å². The van der Waals surface area contributed by atoms with Gasteiger partial charge in [-0.3, -0.25) is 4.79 Å². The Kier molecular flexibility index (Phi) is 9.12. The van der Waals surface area contributed by atoms with Crippen LogP contribution in [0.1, 0.15) is 37.5 Å². The van der Waals surface area contributed by atoms with Gasteiger partial charge < -0.3 is 10.1 Å². The van der Waals surface area contributed by atoms with Crippen LogP contribution in [0.2, 0.25) is 0 Å². The van der Waals surface area contributed by atoms with Crippen LogP contribution in [-0.2, 0) is 9.53 Å². The van der Waals surface area contributed by atoms with E-state index in [-0.39, 0.29) is 18.4 Å². The van der Waals surface area contributed by atoms with Crippen LogP contribution in [0.15, 0.2) is 83.8 Å². The van der Waals surface area contributed by atoms with Crippen molar-refractivity contribution < 1.29 is 9.53 Å². The highest BCUT2D eigenvalue weighted by atomic mass is 32.2. The van der Waals surface area contributed by atoms with Gasteiger partial charge in [0.05, 0.1) is 6.07 Å². The number of benzene rings is 3. The molecule has 33 heavy (non-hydrogen) atoms. The molecule has 0 saturated heterocycles. The fraction of sp³-hybridized carbons (Fsp3) is 0.286. The van der Waals surface area contributed by atoms with Crippen molar-refractivity contribution in [2.45, 2.75) is 37.4 Å². The Hall–Kier alpha value is -3.07. The van der Waals surface area contributed by atoms with Crippen LogP contribution in [0.5, 0.6) is 0 Å². The summed E-state index contributed by atoms with van der Waals surface area (Å²) in [5, 5.41) is 11.5. The summed E-state index contributed by atoms with van der Waals surface area (Å²) in [6, 6.07) is 28.7. The lowest BCUT2D eigenvalue weighted by Gasteiger charge is -2.26. The summed E-state index contributed by atoms with van der Waals surface area (Å²) in [6.45, 7) is 4.09. The monoisotopic (exact) mass is 458 g/mol. The van der Waals surface area contributed by atoms with Crippen molar-refractivity contribution in [2.75, 3.05) is 12.8 Å². The highest BCUT2D eigenvalue weighted by Crippen LogP contribution is 2.31. The van der Waals surface area contributed by atoms with E-state index >= 15 is 0 Å². The highest BCUT2D eigenvalue weighted by Gasteiger charge is 2.26. The number of rotatable bonds is 10. The summed E-state index contributed by atoms with van der Waals surface area (Å²) < 4.78 is 6.44. The Morgan fingerprint density at radius 3 is 2.06 bits per heavy atom. The van der Waals surface area contributed by atoms with Crippen molar-refractivity contribution >= 4 is 17.7 Å². The first-order valence-corrected chi connectivity index (χ1v) is 12.3. The second kappa shape index (κ2) is 12.2. The third kappa shape index (κ3) is 6.95. The molecule has 0 fully saturated rings. The van der Waals surface area contributed by atoms with Gasteiger partial charge in [-0.15, -0.1) is 11.8 Å². The average Bonchev–Trinajstić information content (AvgIpc) is 2.85. The summed E-state index contributed by atoms with van der Waals surface area (Å²) in [5.41, 5.74) is 4.25. The third-order valence-electron chi connectivity index (χ3n) is 5.36. The van der Waals surface area contributed by atoms with E-state index < -0.39 is 12.2 Å². The predicted molar refractivity (Wildman–Crippen MR) is 135 cm³/mol. The Morgan fingerprint density at radius 2 is 1.52 bits per heavy atom. The maximum absolute atomic E-state index is 12.7. The zero-order chi connectivity index (χ0) is 23.6. The van der Waals surface area contributed by atoms with Crippen LogP contribution in [0, 0.1) is 17.2 Å². The Balaban J connectivity index is 1.90. The number of hydrogen-bond donors (Lipinski definition) is 1. The number of hydrogen-bond acceptors (Lipinski definition) is 4. The second-order valence-corrected chi connectivity index (χ2v) is 9.15. The van der Waals surface area contributed by atoms with Crippen molar-refractivity contribution in [1.82, 2.24) is 5.32 Å². The van der Waals surface area contributed by atoms with Gasteiger partial charge >= 0.3 is 0 Å². The van der Waals surface area contributed by atoms with Gasteiger partial charge in [-0.1, -0.05) is 80.6 Å². The van der Waals surface area contributed by atoms with E-state index in [9.17, 15) is 4.79 Å². The van der Waals surface area contributed by atoms with Crippen molar-refractivity contribution in [2.24, 2.45) is 5.92 Å². The van der Waals surface area contributed by atoms with Crippen molar-refractivity contribution in [3.63, 3.8) is 0 Å². The minimum atomic E-state index is -0.651. The lowest BCUT2D eigenvalue weighted by Crippen LogP contribution is -2.38. The Labute approximate surface area is 201 Å². The van der Waals surface area contributed by atoms with Crippen molar-refractivity contribution in [1.29, 1.82) is 5.26 Å². The highest BCUT2D eigenvalue weighted by molar-refractivity contribution is 7.98.